The first kappa shape index (κ1) is 20.8. The molecule has 32 heavy (non-hydrogen) atoms. The van der Waals surface area contributed by atoms with Gasteiger partial charge in [0.25, 0.3) is 5.91 Å². The maximum absolute atomic E-state index is 12.5. The van der Waals surface area contributed by atoms with Gasteiger partial charge in [-0.05, 0) is 42.7 Å². The molecule has 1 saturated heterocycles. The predicted octanol–water partition coefficient (Wildman–Crippen LogP) is 2.47. The number of carbonyl (C=O) groups is 1. The minimum absolute atomic E-state index is 0.105. The van der Waals surface area contributed by atoms with Crippen molar-refractivity contribution in [1.82, 2.24) is 24.8 Å². The van der Waals surface area contributed by atoms with E-state index >= 15 is 0 Å². The van der Waals surface area contributed by atoms with Crippen LogP contribution in [0.25, 0.3) is 10.9 Å². The summed E-state index contributed by atoms with van der Waals surface area (Å²) in [5, 5.41) is 3.53. The molecule has 0 spiro atoms. The summed E-state index contributed by atoms with van der Waals surface area (Å²) in [5.74, 6) is -0.177. The number of carbonyl (C=O) groups excluding carboxylic acids is 1. The Hall–Kier alpha value is -3.04. The summed E-state index contributed by atoms with van der Waals surface area (Å²) in [6, 6.07) is 10.2. The summed E-state index contributed by atoms with van der Waals surface area (Å²) in [5.41, 5.74) is 3.33. The first-order chi connectivity index (χ1) is 15.5. The fourth-order valence-corrected chi connectivity index (χ4v) is 4.71. The minimum atomic E-state index is -0.177. The van der Waals surface area contributed by atoms with Gasteiger partial charge in [0.1, 0.15) is 10.3 Å². The van der Waals surface area contributed by atoms with Crippen LogP contribution in [0, 0.1) is 4.64 Å². The first-order valence-corrected chi connectivity index (χ1v) is 11.4. The number of pyridine rings is 1. The Morgan fingerprint density at radius 1 is 1.19 bits per heavy atom. The van der Waals surface area contributed by atoms with Gasteiger partial charge in [0, 0.05) is 51.2 Å². The molecular formula is C23H26N6O2S. The van der Waals surface area contributed by atoms with Crippen LogP contribution in [0.5, 0.6) is 0 Å². The monoisotopic (exact) mass is 450 g/mol. The molecule has 2 fully saturated rings. The summed E-state index contributed by atoms with van der Waals surface area (Å²) < 4.78 is 2.37. The molecule has 0 atom stereocenters. The molecule has 2 aliphatic rings. The third-order valence-electron chi connectivity index (χ3n) is 6.26. The molecule has 3 heterocycles. The number of fused-ring (bicyclic) bond motifs is 1. The van der Waals surface area contributed by atoms with Crippen molar-refractivity contribution < 1.29 is 4.79 Å². The van der Waals surface area contributed by atoms with Gasteiger partial charge in [-0.3, -0.25) is 14.3 Å². The molecule has 2 aromatic heterocycles. The van der Waals surface area contributed by atoms with Crippen LogP contribution in [0.3, 0.4) is 0 Å². The third-order valence-corrected chi connectivity index (χ3v) is 6.67. The standard InChI is InChI=1S/C23H26N6O2S/c1-24-21(30)19-7-5-17(13-25-19)28-10-8-27(9-11-28)14-15-2-6-18-20(12-15)26-23(31)29(22(18)32)16-3-4-16/h2,5-7,12-13,16H,3-4,8-11,14H2,1H3,(H,24,30)(H,26,31). The average Bonchev–Trinajstić information content (AvgIpc) is 3.64. The highest BCUT2D eigenvalue weighted by atomic mass is 32.1. The van der Waals surface area contributed by atoms with Crippen molar-refractivity contribution in [3.05, 3.63) is 62.9 Å². The number of nitrogens with zero attached hydrogens (tertiary/aromatic N) is 4. The zero-order valence-electron chi connectivity index (χ0n) is 18.0. The smallest absolute Gasteiger partial charge is 0.327 e. The van der Waals surface area contributed by atoms with Gasteiger partial charge in [0.15, 0.2) is 0 Å². The second-order valence-corrected chi connectivity index (χ2v) is 8.85. The molecule has 1 aliphatic carbocycles. The van der Waals surface area contributed by atoms with Gasteiger partial charge in [-0.2, -0.15) is 0 Å². The Kier molecular flexibility index (Phi) is 5.52. The summed E-state index contributed by atoms with van der Waals surface area (Å²) in [6.07, 6.45) is 3.82. The number of amides is 1. The molecule has 8 nitrogen and oxygen atoms in total. The zero-order valence-corrected chi connectivity index (χ0v) is 18.8. The SMILES string of the molecule is CNC(=O)c1ccc(N2CCN(Cc3ccc4c(=S)n(C5CC5)c(=O)[nH]c4c3)CC2)cn1. The molecule has 1 amide bonds. The molecule has 0 unspecified atom stereocenters. The lowest BCUT2D eigenvalue weighted by Crippen LogP contribution is -2.46. The number of rotatable bonds is 5. The summed E-state index contributed by atoms with van der Waals surface area (Å²) >= 11 is 5.59. The summed E-state index contributed by atoms with van der Waals surface area (Å²) in [4.78, 5) is 36.1. The Bertz CT molecular complexity index is 1270. The molecule has 5 rings (SSSR count). The Morgan fingerprint density at radius 3 is 2.62 bits per heavy atom. The van der Waals surface area contributed by atoms with Gasteiger partial charge in [-0.15, -0.1) is 0 Å². The fraction of sp³-hybridized carbons (Fsp3) is 0.391. The van der Waals surface area contributed by atoms with Crippen LogP contribution >= 0.6 is 12.2 Å². The van der Waals surface area contributed by atoms with E-state index in [1.54, 1.807) is 23.9 Å². The van der Waals surface area contributed by atoms with Crippen molar-refractivity contribution in [3.8, 4) is 0 Å². The Morgan fingerprint density at radius 2 is 1.97 bits per heavy atom. The van der Waals surface area contributed by atoms with Crippen molar-refractivity contribution in [2.24, 2.45) is 0 Å². The van der Waals surface area contributed by atoms with Crippen molar-refractivity contribution in [2.75, 3.05) is 38.1 Å². The van der Waals surface area contributed by atoms with E-state index in [-0.39, 0.29) is 17.6 Å². The second kappa shape index (κ2) is 8.48. The van der Waals surface area contributed by atoms with Gasteiger partial charge >= 0.3 is 5.69 Å². The van der Waals surface area contributed by atoms with Gasteiger partial charge in [-0.1, -0.05) is 18.3 Å². The number of hydrogen-bond acceptors (Lipinski definition) is 6. The maximum Gasteiger partial charge on any atom is 0.327 e. The second-order valence-electron chi connectivity index (χ2n) is 8.46. The minimum Gasteiger partial charge on any atom is -0.368 e. The van der Waals surface area contributed by atoms with Crippen LogP contribution in [0.4, 0.5) is 5.69 Å². The average molecular weight is 451 g/mol. The quantitative estimate of drug-likeness (QED) is 0.581. The van der Waals surface area contributed by atoms with Crippen LogP contribution in [0.1, 0.15) is 34.9 Å². The number of H-pyrrole nitrogens is 1. The van der Waals surface area contributed by atoms with Crippen LogP contribution in [-0.2, 0) is 6.54 Å². The summed E-state index contributed by atoms with van der Waals surface area (Å²) in [6.45, 7) is 4.46. The van der Waals surface area contributed by atoms with Gasteiger partial charge < -0.3 is 15.2 Å². The largest absolute Gasteiger partial charge is 0.368 e. The molecule has 166 valence electrons. The molecule has 1 saturated carbocycles. The van der Waals surface area contributed by atoms with E-state index in [0.29, 0.717) is 10.3 Å². The zero-order chi connectivity index (χ0) is 22.2. The van der Waals surface area contributed by atoms with Gasteiger partial charge in [0.05, 0.1) is 17.4 Å². The van der Waals surface area contributed by atoms with E-state index in [0.717, 1.165) is 67.7 Å². The van der Waals surface area contributed by atoms with Crippen LogP contribution < -0.4 is 15.9 Å². The highest BCUT2D eigenvalue weighted by molar-refractivity contribution is 7.71. The number of aromatic nitrogens is 3. The fourth-order valence-electron chi connectivity index (χ4n) is 4.30. The Labute approximate surface area is 190 Å². The van der Waals surface area contributed by atoms with E-state index < -0.39 is 0 Å². The molecule has 1 aromatic carbocycles. The number of benzene rings is 1. The predicted molar refractivity (Wildman–Crippen MR) is 127 cm³/mol. The first-order valence-electron chi connectivity index (χ1n) is 11.0. The number of nitrogens with one attached hydrogen (secondary N) is 2. The lowest BCUT2D eigenvalue weighted by molar-refractivity contribution is 0.0958. The number of anilines is 1. The summed E-state index contributed by atoms with van der Waals surface area (Å²) in [7, 11) is 1.60. The van der Waals surface area contributed by atoms with E-state index in [9.17, 15) is 9.59 Å². The molecule has 3 aromatic rings. The highest BCUT2D eigenvalue weighted by Crippen LogP contribution is 2.34. The molecule has 0 radical (unpaired) electrons. The van der Waals surface area contributed by atoms with E-state index in [4.69, 9.17) is 12.2 Å². The number of aromatic amines is 1. The highest BCUT2D eigenvalue weighted by Gasteiger charge is 2.26. The normalized spacial score (nSPS) is 17.0. The third kappa shape index (κ3) is 4.05. The van der Waals surface area contributed by atoms with Crippen molar-refractivity contribution in [2.45, 2.75) is 25.4 Å². The van der Waals surface area contributed by atoms with E-state index in [1.165, 1.54) is 0 Å². The lowest BCUT2D eigenvalue weighted by atomic mass is 10.1. The van der Waals surface area contributed by atoms with E-state index in [1.807, 2.05) is 12.1 Å². The van der Waals surface area contributed by atoms with Gasteiger partial charge in [-0.25, -0.2) is 9.78 Å². The Balaban J connectivity index is 1.25. The van der Waals surface area contributed by atoms with Crippen LogP contribution in [0.15, 0.2) is 41.3 Å². The van der Waals surface area contributed by atoms with Crippen LogP contribution in [-0.4, -0.2) is 58.6 Å². The molecule has 1 aliphatic heterocycles. The van der Waals surface area contributed by atoms with Crippen LogP contribution in [0.2, 0.25) is 0 Å². The number of hydrogen-bond donors (Lipinski definition) is 2. The molecule has 2 N–H and O–H groups in total. The van der Waals surface area contributed by atoms with Crippen molar-refractivity contribution in [3.63, 3.8) is 0 Å². The van der Waals surface area contributed by atoms with Gasteiger partial charge in [0.2, 0.25) is 0 Å². The topological polar surface area (TPSA) is 86.3 Å². The van der Waals surface area contributed by atoms with Crippen molar-refractivity contribution in [1.29, 1.82) is 0 Å². The molecule has 0 bridgehead atoms. The lowest BCUT2D eigenvalue weighted by Gasteiger charge is -2.36. The molecule has 9 heteroatoms. The number of piperazine rings is 1. The maximum atomic E-state index is 12.5. The van der Waals surface area contributed by atoms with E-state index in [2.05, 4.69) is 37.2 Å². The van der Waals surface area contributed by atoms with Crippen molar-refractivity contribution >= 4 is 34.7 Å². The molecular weight excluding hydrogens is 424 g/mol.